The lowest BCUT2D eigenvalue weighted by Crippen LogP contribution is -2.24. The second-order valence-electron chi connectivity index (χ2n) is 4.68. The number of hydrogen-bond acceptors (Lipinski definition) is 4. The Labute approximate surface area is 115 Å². The smallest absolute Gasteiger partial charge is 0.308 e. The van der Waals surface area contributed by atoms with E-state index in [-0.39, 0.29) is 12.2 Å². The predicted molar refractivity (Wildman–Crippen MR) is 68.5 cm³/mol. The molecule has 0 bridgehead atoms. The molecule has 1 N–H and O–H groups in total. The molecule has 2 aromatic rings. The Bertz CT molecular complexity index is 614. The number of rotatable bonds is 5. The SMILES string of the molecule is CC(C(=O)O)C(C)n1nnnc1Cc1ccccc1F. The largest absolute Gasteiger partial charge is 0.481 e. The molecular weight excluding hydrogens is 263 g/mol. The average molecular weight is 278 g/mol. The van der Waals surface area contributed by atoms with Gasteiger partial charge in [-0.3, -0.25) is 4.79 Å². The molecule has 0 saturated carbocycles. The number of halogens is 1. The van der Waals surface area contributed by atoms with E-state index in [1.807, 2.05) is 0 Å². The number of hydrogen-bond donors (Lipinski definition) is 1. The third kappa shape index (κ3) is 2.81. The van der Waals surface area contributed by atoms with Crippen LogP contribution in [0.15, 0.2) is 24.3 Å². The van der Waals surface area contributed by atoms with E-state index in [1.165, 1.54) is 10.7 Å². The van der Waals surface area contributed by atoms with Gasteiger partial charge in [-0.25, -0.2) is 9.07 Å². The predicted octanol–water partition coefficient (Wildman–Crippen LogP) is 1.68. The summed E-state index contributed by atoms with van der Waals surface area (Å²) >= 11 is 0. The van der Waals surface area contributed by atoms with Gasteiger partial charge in [-0.2, -0.15) is 0 Å². The molecule has 1 aromatic carbocycles. The van der Waals surface area contributed by atoms with Crippen LogP contribution in [-0.2, 0) is 11.2 Å². The van der Waals surface area contributed by atoms with E-state index in [4.69, 9.17) is 5.11 Å². The Hall–Kier alpha value is -2.31. The molecule has 1 aromatic heterocycles. The molecular formula is C13H15FN4O2. The third-order valence-corrected chi connectivity index (χ3v) is 3.37. The number of benzene rings is 1. The van der Waals surface area contributed by atoms with Gasteiger partial charge in [0.25, 0.3) is 0 Å². The van der Waals surface area contributed by atoms with Crippen LogP contribution in [0.4, 0.5) is 4.39 Å². The van der Waals surface area contributed by atoms with Gasteiger partial charge >= 0.3 is 5.97 Å². The van der Waals surface area contributed by atoms with E-state index in [9.17, 15) is 9.18 Å². The Morgan fingerprint density at radius 2 is 2.10 bits per heavy atom. The molecule has 20 heavy (non-hydrogen) atoms. The summed E-state index contributed by atoms with van der Waals surface area (Å²) in [5.41, 5.74) is 0.471. The van der Waals surface area contributed by atoms with Gasteiger partial charge in [-0.05, 0) is 35.9 Å². The number of carboxylic acids is 1. The van der Waals surface area contributed by atoms with E-state index >= 15 is 0 Å². The highest BCUT2D eigenvalue weighted by Gasteiger charge is 2.24. The topological polar surface area (TPSA) is 80.9 Å². The summed E-state index contributed by atoms with van der Waals surface area (Å²) in [6, 6.07) is 5.95. The fourth-order valence-corrected chi connectivity index (χ4v) is 1.88. The lowest BCUT2D eigenvalue weighted by atomic mass is 10.0. The van der Waals surface area contributed by atoms with Crippen LogP contribution in [0, 0.1) is 11.7 Å². The fraction of sp³-hybridized carbons (Fsp3) is 0.385. The molecule has 0 aliphatic carbocycles. The van der Waals surface area contributed by atoms with Crippen molar-refractivity contribution in [3.05, 3.63) is 41.5 Å². The van der Waals surface area contributed by atoms with Crippen molar-refractivity contribution in [1.82, 2.24) is 20.2 Å². The molecule has 0 spiro atoms. The van der Waals surface area contributed by atoms with E-state index in [0.717, 1.165) is 0 Å². The Morgan fingerprint density at radius 3 is 2.75 bits per heavy atom. The van der Waals surface area contributed by atoms with Gasteiger partial charge in [-0.1, -0.05) is 18.2 Å². The third-order valence-electron chi connectivity index (χ3n) is 3.37. The molecule has 0 radical (unpaired) electrons. The van der Waals surface area contributed by atoms with Crippen LogP contribution < -0.4 is 0 Å². The van der Waals surface area contributed by atoms with E-state index in [1.54, 1.807) is 32.0 Å². The summed E-state index contributed by atoms with van der Waals surface area (Å²) in [5, 5.41) is 20.3. The van der Waals surface area contributed by atoms with Crippen molar-refractivity contribution in [1.29, 1.82) is 0 Å². The summed E-state index contributed by atoms with van der Waals surface area (Å²) < 4.78 is 15.1. The molecule has 0 saturated heterocycles. The Morgan fingerprint density at radius 1 is 1.40 bits per heavy atom. The first-order valence-electron chi connectivity index (χ1n) is 6.23. The van der Waals surface area contributed by atoms with Gasteiger partial charge in [0.2, 0.25) is 0 Å². The number of carbonyl (C=O) groups is 1. The molecule has 0 amide bonds. The van der Waals surface area contributed by atoms with Gasteiger partial charge in [-0.15, -0.1) is 5.10 Å². The molecule has 0 fully saturated rings. The van der Waals surface area contributed by atoms with Crippen molar-refractivity contribution >= 4 is 5.97 Å². The number of nitrogens with zero attached hydrogens (tertiary/aromatic N) is 4. The molecule has 106 valence electrons. The van der Waals surface area contributed by atoms with Crippen LogP contribution in [0.5, 0.6) is 0 Å². The zero-order valence-corrected chi connectivity index (χ0v) is 11.2. The van der Waals surface area contributed by atoms with Crippen LogP contribution in [0.2, 0.25) is 0 Å². The summed E-state index contributed by atoms with van der Waals surface area (Å²) in [7, 11) is 0. The highest BCUT2D eigenvalue weighted by molar-refractivity contribution is 5.70. The van der Waals surface area contributed by atoms with Crippen LogP contribution in [0.3, 0.4) is 0 Å². The van der Waals surface area contributed by atoms with Crippen molar-refractivity contribution in [2.45, 2.75) is 26.3 Å². The summed E-state index contributed by atoms with van der Waals surface area (Å²) in [6.07, 6.45) is 0.219. The molecule has 1 heterocycles. The zero-order chi connectivity index (χ0) is 14.7. The van der Waals surface area contributed by atoms with Gasteiger partial charge in [0.15, 0.2) is 5.82 Å². The summed E-state index contributed by atoms with van der Waals surface area (Å²) in [5.74, 6) is -1.46. The molecule has 0 aliphatic rings. The second kappa shape index (κ2) is 5.77. The highest BCUT2D eigenvalue weighted by Crippen LogP contribution is 2.19. The van der Waals surface area contributed by atoms with Crippen molar-refractivity contribution in [3.8, 4) is 0 Å². The van der Waals surface area contributed by atoms with Gasteiger partial charge in [0.05, 0.1) is 12.0 Å². The lowest BCUT2D eigenvalue weighted by Gasteiger charge is -2.17. The molecule has 7 heteroatoms. The fourth-order valence-electron chi connectivity index (χ4n) is 1.88. The van der Waals surface area contributed by atoms with Crippen LogP contribution in [0.1, 0.15) is 31.3 Å². The molecule has 6 nitrogen and oxygen atoms in total. The van der Waals surface area contributed by atoms with E-state index in [0.29, 0.717) is 11.4 Å². The second-order valence-corrected chi connectivity index (χ2v) is 4.68. The first kappa shape index (κ1) is 14.1. The van der Waals surface area contributed by atoms with Crippen molar-refractivity contribution in [2.24, 2.45) is 5.92 Å². The highest BCUT2D eigenvalue weighted by atomic mass is 19.1. The molecule has 2 rings (SSSR count). The van der Waals surface area contributed by atoms with E-state index < -0.39 is 17.9 Å². The Balaban J connectivity index is 2.25. The number of carboxylic acid groups (broad SMARTS) is 1. The van der Waals surface area contributed by atoms with Crippen LogP contribution in [-0.4, -0.2) is 31.3 Å². The summed E-state index contributed by atoms with van der Waals surface area (Å²) in [6.45, 7) is 3.31. The molecule has 2 unspecified atom stereocenters. The quantitative estimate of drug-likeness (QED) is 0.900. The van der Waals surface area contributed by atoms with Gasteiger partial charge in [0.1, 0.15) is 5.82 Å². The van der Waals surface area contributed by atoms with Gasteiger partial charge < -0.3 is 5.11 Å². The maximum Gasteiger partial charge on any atom is 0.308 e. The first-order valence-corrected chi connectivity index (χ1v) is 6.23. The minimum absolute atomic E-state index is 0.219. The van der Waals surface area contributed by atoms with Crippen molar-refractivity contribution < 1.29 is 14.3 Å². The first-order chi connectivity index (χ1) is 9.50. The lowest BCUT2D eigenvalue weighted by molar-refractivity contribution is -0.142. The maximum atomic E-state index is 13.6. The molecule has 2 atom stereocenters. The minimum Gasteiger partial charge on any atom is -0.481 e. The average Bonchev–Trinajstić information content (AvgIpc) is 2.87. The van der Waals surface area contributed by atoms with E-state index in [2.05, 4.69) is 15.5 Å². The number of aliphatic carboxylic acids is 1. The van der Waals surface area contributed by atoms with Crippen molar-refractivity contribution in [2.75, 3.05) is 0 Å². The summed E-state index contributed by atoms with van der Waals surface area (Å²) in [4.78, 5) is 11.0. The zero-order valence-electron chi connectivity index (χ0n) is 11.2. The standard InChI is InChI=1S/C13H15FN4O2/c1-8(13(19)20)9(2)18-12(15-16-17-18)7-10-5-3-4-6-11(10)14/h3-6,8-9H,7H2,1-2H3,(H,19,20). The van der Waals surface area contributed by atoms with Crippen molar-refractivity contribution in [3.63, 3.8) is 0 Å². The molecule has 0 aliphatic heterocycles. The number of tetrazole rings is 1. The monoisotopic (exact) mass is 278 g/mol. The maximum absolute atomic E-state index is 13.6. The van der Waals surface area contributed by atoms with Gasteiger partial charge in [0, 0.05) is 6.42 Å². The number of aromatic nitrogens is 4. The van der Waals surface area contributed by atoms with Crippen LogP contribution >= 0.6 is 0 Å². The minimum atomic E-state index is -0.926. The van der Waals surface area contributed by atoms with Crippen LogP contribution in [0.25, 0.3) is 0 Å². The Kier molecular flexibility index (Phi) is 4.07. The normalized spacial score (nSPS) is 13.9.